The number of carbonyl (C=O) groups is 3. The minimum Gasteiger partial charge on any atom is -0.355 e. The number of nitrogens with one attached hydrogen (secondary N) is 2. The molecule has 0 bridgehead atoms. The van der Waals surface area contributed by atoms with Crippen molar-refractivity contribution in [2.45, 2.75) is 19.8 Å². The van der Waals surface area contributed by atoms with Crippen molar-refractivity contribution >= 4 is 17.7 Å². The number of piperazine rings is 1. The van der Waals surface area contributed by atoms with Crippen LogP contribution in [0.5, 0.6) is 0 Å². The van der Waals surface area contributed by atoms with E-state index < -0.39 is 0 Å². The monoisotopic (exact) mass is 296 g/mol. The van der Waals surface area contributed by atoms with Crippen molar-refractivity contribution in [1.82, 2.24) is 20.4 Å². The molecule has 7 heteroatoms. The Labute approximate surface area is 125 Å². The maximum atomic E-state index is 12.3. The Hall–Kier alpha value is -1.63. The van der Waals surface area contributed by atoms with Crippen molar-refractivity contribution in [1.29, 1.82) is 0 Å². The molecule has 2 fully saturated rings. The second kappa shape index (κ2) is 7.40. The lowest BCUT2D eigenvalue weighted by Gasteiger charge is -2.35. The molecule has 0 aliphatic carbocycles. The Morgan fingerprint density at radius 2 is 2.00 bits per heavy atom. The molecule has 2 rings (SSSR count). The average Bonchev–Trinajstić information content (AvgIpc) is 2.92. The molecule has 1 atom stereocenters. The normalized spacial score (nSPS) is 23.0. The summed E-state index contributed by atoms with van der Waals surface area (Å²) in [6.07, 6.45) is 1.24. The topological polar surface area (TPSA) is 81.8 Å². The third-order valence-electron chi connectivity index (χ3n) is 3.95. The summed E-state index contributed by atoms with van der Waals surface area (Å²) in [5.74, 6) is -0.151. The van der Waals surface area contributed by atoms with Gasteiger partial charge in [-0.1, -0.05) is 6.92 Å². The van der Waals surface area contributed by atoms with Crippen LogP contribution in [0.4, 0.5) is 0 Å². The van der Waals surface area contributed by atoms with Gasteiger partial charge in [0.15, 0.2) is 0 Å². The average molecular weight is 296 g/mol. The molecule has 1 unspecified atom stereocenters. The van der Waals surface area contributed by atoms with Gasteiger partial charge >= 0.3 is 0 Å². The molecule has 2 saturated heterocycles. The first-order chi connectivity index (χ1) is 10.1. The summed E-state index contributed by atoms with van der Waals surface area (Å²) in [6.45, 7) is 6.25. The molecule has 21 heavy (non-hydrogen) atoms. The first-order valence-electron chi connectivity index (χ1n) is 7.64. The molecule has 0 aromatic rings. The molecule has 2 N–H and O–H groups in total. The number of hydrogen-bond donors (Lipinski definition) is 2. The summed E-state index contributed by atoms with van der Waals surface area (Å²) in [7, 11) is 0. The van der Waals surface area contributed by atoms with Crippen LogP contribution in [0.2, 0.25) is 0 Å². The summed E-state index contributed by atoms with van der Waals surface area (Å²) in [4.78, 5) is 38.9. The fraction of sp³-hybridized carbons (Fsp3) is 0.786. The van der Waals surface area contributed by atoms with Gasteiger partial charge in [-0.15, -0.1) is 0 Å². The maximum Gasteiger partial charge on any atom is 0.234 e. The van der Waals surface area contributed by atoms with Gasteiger partial charge in [0.2, 0.25) is 17.7 Å². The van der Waals surface area contributed by atoms with Gasteiger partial charge < -0.3 is 15.5 Å². The minimum absolute atomic E-state index is 0.0421. The van der Waals surface area contributed by atoms with Crippen molar-refractivity contribution in [3.8, 4) is 0 Å². The van der Waals surface area contributed by atoms with Gasteiger partial charge in [0.05, 0.1) is 12.5 Å². The molecule has 0 spiro atoms. The zero-order valence-electron chi connectivity index (χ0n) is 12.6. The van der Waals surface area contributed by atoms with E-state index in [0.29, 0.717) is 52.2 Å². The Kier molecular flexibility index (Phi) is 5.55. The van der Waals surface area contributed by atoms with E-state index in [1.165, 1.54) is 0 Å². The molecule has 118 valence electrons. The van der Waals surface area contributed by atoms with Gasteiger partial charge in [0, 0.05) is 45.7 Å². The third-order valence-corrected chi connectivity index (χ3v) is 3.95. The van der Waals surface area contributed by atoms with E-state index >= 15 is 0 Å². The van der Waals surface area contributed by atoms with Gasteiger partial charge in [-0.05, 0) is 6.42 Å². The molecule has 2 aliphatic rings. The van der Waals surface area contributed by atoms with Crippen molar-refractivity contribution in [3.05, 3.63) is 0 Å². The molecule has 0 radical (unpaired) electrons. The van der Waals surface area contributed by atoms with E-state index in [2.05, 4.69) is 15.5 Å². The lowest BCUT2D eigenvalue weighted by atomic mass is 10.1. The van der Waals surface area contributed by atoms with Gasteiger partial charge in [0.25, 0.3) is 0 Å². The van der Waals surface area contributed by atoms with E-state index in [1.807, 2.05) is 11.8 Å². The van der Waals surface area contributed by atoms with Crippen LogP contribution in [0, 0.1) is 5.92 Å². The van der Waals surface area contributed by atoms with Crippen molar-refractivity contribution < 1.29 is 14.4 Å². The maximum absolute atomic E-state index is 12.3. The second-order valence-corrected chi connectivity index (χ2v) is 5.66. The predicted molar refractivity (Wildman–Crippen MR) is 77.4 cm³/mol. The van der Waals surface area contributed by atoms with Crippen LogP contribution in [0.1, 0.15) is 19.8 Å². The van der Waals surface area contributed by atoms with Crippen molar-refractivity contribution in [2.75, 3.05) is 45.8 Å². The number of carbonyl (C=O) groups excluding carboxylic acids is 3. The highest BCUT2D eigenvalue weighted by atomic mass is 16.2. The lowest BCUT2D eigenvalue weighted by molar-refractivity contribution is -0.137. The van der Waals surface area contributed by atoms with Gasteiger partial charge in [-0.2, -0.15) is 0 Å². The summed E-state index contributed by atoms with van der Waals surface area (Å²) < 4.78 is 0. The van der Waals surface area contributed by atoms with Crippen LogP contribution < -0.4 is 10.6 Å². The van der Waals surface area contributed by atoms with Crippen molar-refractivity contribution in [3.63, 3.8) is 0 Å². The SMILES string of the molecule is CCCNC(=O)CN1CCN(C(=O)C2CNC(=O)C2)CC1. The highest BCUT2D eigenvalue weighted by Gasteiger charge is 2.32. The van der Waals surface area contributed by atoms with E-state index in [-0.39, 0.29) is 23.6 Å². The fourth-order valence-corrected chi connectivity index (χ4v) is 2.69. The Balaban J connectivity index is 1.71. The molecule has 2 aliphatic heterocycles. The Bertz CT molecular complexity index is 405. The molecule has 3 amide bonds. The zero-order chi connectivity index (χ0) is 15.2. The second-order valence-electron chi connectivity index (χ2n) is 5.66. The molecule has 0 aromatic heterocycles. The molecule has 0 saturated carbocycles. The van der Waals surface area contributed by atoms with Crippen LogP contribution in [0.15, 0.2) is 0 Å². The first-order valence-corrected chi connectivity index (χ1v) is 7.64. The number of nitrogens with zero attached hydrogens (tertiary/aromatic N) is 2. The van der Waals surface area contributed by atoms with Crippen molar-refractivity contribution in [2.24, 2.45) is 5.92 Å². The highest BCUT2D eigenvalue weighted by Crippen LogP contribution is 2.14. The Morgan fingerprint density at radius 1 is 1.29 bits per heavy atom. The van der Waals surface area contributed by atoms with Crippen LogP contribution >= 0.6 is 0 Å². The Morgan fingerprint density at radius 3 is 2.57 bits per heavy atom. The van der Waals surface area contributed by atoms with Crippen LogP contribution in [-0.4, -0.2) is 73.3 Å². The smallest absolute Gasteiger partial charge is 0.234 e. The fourth-order valence-electron chi connectivity index (χ4n) is 2.69. The lowest BCUT2D eigenvalue weighted by Crippen LogP contribution is -2.52. The highest BCUT2D eigenvalue weighted by molar-refractivity contribution is 5.89. The minimum atomic E-state index is -0.211. The van der Waals surface area contributed by atoms with E-state index in [0.717, 1.165) is 6.42 Å². The zero-order valence-corrected chi connectivity index (χ0v) is 12.6. The van der Waals surface area contributed by atoms with Crippen LogP contribution in [0.3, 0.4) is 0 Å². The van der Waals surface area contributed by atoms with E-state index in [1.54, 1.807) is 0 Å². The number of rotatable bonds is 5. The molecule has 2 heterocycles. The van der Waals surface area contributed by atoms with Gasteiger partial charge in [-0.25, -0.2) is 0 Å². The predicted octanol–water partition coefficient (Wildman–Crippen LogP) is -1.21. The quantitative estimate of drug-likeness (QED) is 0.667. The number of amides is 3. The first kappa shape index (κ1) is 15.8. The molecule has 0 aromatic carbocycles. The summed E-state index contributed by atoms with van der Waals surface area (Å²) in [6, 6.07) is 0. The van der Waals surface area contributed by atoms with Crippen LogP contribution in [-0.2, 0) is 14.4 Å². The summed E-state index contributed by atoms with van der Waals surface area (Å²) in [5.41, 5.74) is 0. The molecule has 7 nitrogen and oxygen atoms in total. The van der Waals surface area contributed by atoms with E-state index in [4.69, 9.17) is 0 Å². The molecular weight excluding hydrogens is 272 g/mol. The number of hydrogen-bond acceptors (Lipinski definition) is 4. The summed E-state index contributed by atoms with van der Waals surface area (Å²) >= 11 is 0. The largest absolute Gasteiger partial charge is 0.355 e. The van der Waals surface area contributed by atoms with Gasteiger partial charge in [0.1, 0.15) is 0 Å². The third kappa shape index (κ3) is 4.42. The summed E-state index contributed by atoms with van der Waals surface area (Å²) in [5, 5.41) is 5.55. The standard InChI is InChI=1S/C14H24N4O3/c1-2-3-15-13(20)10-17-4-6-18(7-5-17)14(21)11-8-12(19)16-9-11/h11H,2-10H2,1H3,(H,15,20)(H,16,19). The molecular formula is C14H24N4O3. The van der Waals surface area contributed by atoms with Crippen LogP contribution in [0.25, 0.3) is 0 Å². The van der Waals surface area contributed by atoms with Gasteiger partial charge in [-0.3, -0.25) is 19.3 Å². The van der Waals surface area contributed by atoms with E-state index in [9.17, 15) is 14.4 Å².